The highest BCUT2D eigenvalue weighted by Crippen LogP contribution is 2.25. The van der Waals surface area contributed by atoms with Gasteiger partial charge < -0.3 is 14.8 Å². The fourth-order valence-corrected chi connectivity index (χ4v) is 4.05. The van der Waals surface area contributed by atoms with E-state index in [0.717, 1.165) is 49.5 Å². The van der Waals surface area contributed by atoms with Crippen molar-refractivity contribution in [1.29, 1.82) is 0 Å². The number of hydrogen-bond donors (Lipinski definition) is 2. The molecule has 2 aromatic carbocycles. The lowest BCUT2D eigenvalue weighted by Crippen LogP contribution is -2.35. The lowest BCUT2D eigenvalue weighted by atomic mass is 9.96. The number of H-pyrrole nitrogens is 1. The number of ether oxygens (including phenoxy) is 1. The molecule has 0 amide bonds. The molecule has 170 valence electrons. The second-order valence-electron chi connectivity index (χ2n) is 8.05. The Balaban J connectivity index is 1.38. The van der Waals surface area contributed by atoms with Crippen LogP contribution < -0.4 is 5.56 Å². The van der Waals surface area contributed by atoms with Crippen molar-refractivity contribution in [2.24, 2.45) is 0 Å². The zero-order valence-corrected chi connectivity index (χ0v) is 19.0. The van der Waals surface area contributed by atoms with Crippen molar-refractivity contribution in [2.75, 3.05) is 32.2 Å². The number of morpholine rings is 1. The van der Waals surface area contributed by atoms with Crippen LogP contribution in [0.15, 0.2) is 59.7 Å². The topological polar surface area (TPSA) is 78.5 Å². The first-order valence-electron chi connectivity index (χ1n) is 10.9. The molecule has 4 rings (SSSR count). The molecule has 0 bridgehead atoms. The van der Waals surface area contributed by atoms with Crippen molar-refractivity contribution >= 4 is 11.6 Å². The molecule has 1 saturated heterocycles. The monoisotopic (exact) mass is 463 g/mol. The fraction of sp³-hybridized carbons (Fsp3) is 0.308. The summed E-state index contributed by atoms with van der Waals surface area (Å²) >= 11 is 6.10. The van der Waals surface area contributed by atoms with E-state index in [1.165, 1.54) is 11.9 Å². The molecule has 1 aliphatic rings. The van der Waals surface area contributed by atoms with Crippen LogP contribution >= 0.6 is 11.6 Å². The van der Waals surface area contributed by atoms with Gasteiger partial charge in [0.1, 0.15) is 0 Å². The molecule has 3 aromatic rings. The second kappa shape index (κ2) is 11.2. The number of aromatic nitrogens is 2. The zero-order chi connectivity index (χ0) is 23.0. The molecule has 1 aliphatic heterocycles. The average molecular weight is 464 g/mol. The largest absolute Gasteiger partial charge is 0.502 e. The molecule has 0 aliphatic carbocycles. The molecule has 1 atom stereocenters. The van der Waals surface area contributed by atoms with Crippen LogP contribution in [-0.4, -0.2) is 52.2 Å². The molecule has 0 spiro atoms. The number of alkyl halides is 1. The number of nitrogens with one attached hydrogen (secondary N) is 1. The maximum Gasteiger partial charge on any atom is 0.293 e. The predicted octanol–water partition coefficient (Wildman–Crippen LogP) is 3.27. The van der Waals surface area contributed by atoms with E-state index in [4.69, 9.17) is 16.3 Å². The van der Waals surface area contributed by atoms with E-state index in [-0.39, 0.29) is 17.5 Å². The Morgan fingerprint density at radius 3 is 2.24 bits per heavy atom. The molecule has 33 heavy (non-hydrogen) atoms. The molecule has 0 radical (unpaired) electrons. The van der Waals surface area contributed by atoms with Crippen LogP contribution in [0.2, 0.25) is 0 Å². The molecule has 1 fully saturated rings. The Morgan fingerprint density at radius 2 is 1.64 bits per heavy atom. The molecule has 2 heterocycles. The van der Waals surface area contributed by atoms with Crippen LogP contribution in [0.25, 0.3) is 0 Å². The van der Waals surface area contributed by atoms with Gasteiger partial charge in [-0.3, -0.25) is 9.69 Å². The standard InChI is InChI=1S/C26H26ClN3O3/c27-16-23(24-25(31)26(32)29-18-28-24)15-21-7-3-19(4-8-21)1-2-20-5-9-22(10-6-20)17-30-11-13-33-14-12-30/h3-10,18,23,31H,11-17H2,(H,28,29,32). The minimum Gasteiger partial charge on any atom is -0.502 e. The molecule has 6 nitrogen and oxygen atoms in total. The van der Waals surface area contributed by atoms with Gasteiger partial charge in [-0.25, -0.2) is 4.98 Å². The van der Waals surface area contributed by atoms with Crippen LogP contribution in [0, 0.1) is 11.8 Å². The Morgan fingerprint density at radius 1 is 1.03 bits per heavy atom. The van der Waals surface area contributed by atoms with E-state index in [2.05, 4.69) is 51.0 Å². The maximum atomic E-state index is 11.6. The summed E-state index contributed by atoms with van der Waals surface area (Å²) < 4.78 is 5.40. The number of aromatic amines is 1. The van der Waals surface area contributed by atoms with Gasteiger partial charge in [-0.15, -0.1) is 11.6 Å². The number of benzene rings is 2. The molecule has 1 aromatic heterocycles. The van der Waals surface area contributed by atoms with Crippen molar-refractivity contribution in [2.45, 2.75) is 18.9 Å². The lowest BCUT2D eigenvalue weighted by Gasteiger charge is -2.26. The van der Waals surface area contributed by atoms with Crippen molar-refractivity contribution in [3.8, 4) is 17.6 Å². The summed E-state index contributed by atoms with van der Waals surface area (Å²) in [6.45, 7) is 4.50. The number of hydrogen-bond acceptors (Lipinski definition) is 5. The summed E-state index contributed by atoms with van der Waals surface area (Å²) in [5.41, 5.74) is 3.95. The fourth-order valence-electron chi connectivity index (χ4n) is 3.79. The van der Waals surface area contributed by atoms with E-state index >= 15 is 0 Å². The highest BCUT2D eigenvalue weighted by atomic mass is 35.5. The van der Waals surface area contributed by atoms with E-state index in [1.807, 2.05) is 24.3 Å². The van der Waals surface area contributed by atoms with Gasteiger partial charge in [0, 0.05) is 42.6 Å². The van der Waals surface area contributed by atoms with Gasteiger partial charge in [-0.05, 0) is 41.8 Å². The number of aromatic hydroxyl groups is 1. The normalized spacial score (nSPS) is 14.9. The van der Waals surface area contributed by atoms with E-state index in [1.54, 1.807) is 0 Å². The quantitative estimate of drug-likeness (QED) is 0.433. The van der Waals surface area contributed by atoms with Crippen molar-refractivity contribution in [1.82, 2.24) is 14.9 Å². The summed E-state index contributed by atoms with van der Waals surface area (Å²) in [4.78, 5) is 20.5. The van der Waals surface area contributed by atoms with Crippen LogP contribution in [0.4, 0.5) is 0 Å². The average Bonchev–Trinajstić information content (AvgIpc) is 2.85. The Labute approximate surface area is 198 Å². The van der Waals surface area contributed by atoms with Crippen molar-refractivity contribution in [3.05, 3.63) is 93.2 Å². The second-order valence-corrected chi connectivity index (χ2v) is 8.36. The van der Waals surface area contributed by atoms with Gasteiger partial charge in [0.15, 0.2) is 0 Å². The summed E-state index contributed by atoms with van der Waals surface area (Å²) in [7, 11) is 0. The van der Waals surface area contributed by atoms with E-state index in [0.29, 0.717) is 12.1 Å². The SMILES string of the molecule is O=c1[nH]cnc(C(CCl)Cc2ccc(C#Cc3ccc(CN4CCOCC4)cc3)cc2)c1O. The first-order valence-corrected chi connectivity index (χ1v) is 11.5. The van der Waals surface area contributed by atoms with E-state index < -0.39 is 5.56 Å². The highest BCUT2D eigenvalue weighted by molar-refractivity contribution is 6.18. The summed E-state index contributed by atoms with van der Waals surface area (Å²) in [6.07, 6.45) is 1.84. The first-order chi connectivity index (χ1) is 16.1. The van der Waals surface area contributed by atoms with Gasteiger partial charge >= 0.3 is 0 Å². The zero-order valence-electron chi connectivity index (χ0n) is 18.3. The summed E-state index contributed by atoms with van der Waals surface area (Å²) in [5.74, 6) is 6.03. The minimum atomic E-state index is -0.560. The highest BCUT2D eigenvalue weighted by Gasteiger charge is 2.19. The van der Waals surface area contributed by atoms with Gasteiger partial charge in [0.2, 0.25) is 5.75 Å². The number of nitrogens with zero attached hydrogens (tertiary/aromatic N) is 2. The first kappa shape index (κ1) is 23.1. The Kier molecular flexibility index (Phi) is 7.79. The van der Waals surface area contributed by atoms with Crippen LogP contribution in [0.5, 0.6) is 5.75 Å². The third-order valence-electron chi connectivity index (χ3n) is 5.68. The van der Waals surface area contributed by atoms with Gasteiger partial charge in [-0.1, -0.05) is 36.1 Å². The lowest BCUT2D eigenvalue weighted by molar-refractivity contribution is 0.0342. The van der Waals surface area contributed by atoms with Crippen molar-refractivity contribution in [3.63, 3.8) is 0 Å². The third-order valence-corrected chi connectivity index (χ3v) is 6.05. The van der Waals surface area contributed by atoms with Gasteiger partial charge in [-0.2, -0.15) is 0 Å². The molecular formula is C26H26ClN3O3. The summed E-state index contributed by atoms with van der Waals surface area (Å²) in [6, 6.07) is 16.3. The van der Waals surface area contributed by atoms with Crippen LogP contribution in [-0.2, 0) is 17.7 Å². The molecular weight excluding hydrogens is 438 g/mol. The molecule has 2 N–H and O–H groups in total. The minimum absolute atomic E-state index is 0.243. The number of rotatable bonds is 6. The Hall–Kier alpha value is -3.11. The van der Waals surface area contributed by atoms with Gasteiger partial charge in [0.25, 0.3) is 5.56 Å². The Bertz CT molecular complexity index is 1170. The van der Waals surface area contributed by atoms with Gasteiger partial charge in [0.05, 0.1) is 25.2 Å². The maximum absolute atomic E-state index is 11.6. The van der Waals surface area contributed by atoms with Crippen LogP contribution in [0.3, 0.4) is 0 Å². The predicted molar refractivity (Wildman–Crippen MR) is 129 cm³/mol. The molecule has 7 heteroatoms. The smallest absolute Gasteiger partial charge is 0.293 e. The van der Waals surface area contributed by atoms with E-state index in [9.17, 15) is 9.90 Å². The van der Waals surface area contributed by atoms with Crippen molar-refractivity contribution < 1.29 is 9.84 Å². The summed E-state index contributed by atoms with van der Waals surface area (Å²) in [5, 5.41) is 10.0. The molecule has 0 saturated carbocycles. The number of halogens is 1. The molecule has 1 unspecified atom stereocenters. The third kappa shape index (κ3) is 6.23. The van der Waals surface area contributed by atoms with Crippen LogP contribution in [0.1, 0.15) is 33.9 Å².